The summed E-state index contributed by atoms with van der Waals surface area (Å²) in [6.45, 7) is 0. The van der Waals surface area contributed by atoms with Crippen LogP contribution in [0.5, 0.6) is 0 Å². The summed E-state index contributed by atoms with van der Waals surface area (Å²) in [6.07, 6.45) is 0.725. The number of aliphatic hydroxyl groups excluding tert-OH is 1. The van der Waals surface area contributed by atoms with Crippen molar-refractivity contribution in [3.05, 3.63) is 0 Å². The minimum Gasteiger partial charge on any atom is -0.481 e. The van der Waals surface area contributed by atoms with Crippen LogP contribution in [-0.4, -0.2) is 58.4 Å². The van der Waals surface area contributed by atoms with Gasteiger partial charge in [-0.05, 0) is 12.8 Å². The number of hydrogen-bond acceptors (Lipinski definition) is 5. The monoisotopic (exact) mass is 256 g/mol. The molecule has 4 fully saturated rings. The highest BCUT2D eigenvalue weighted by atomic mass is 16.7. The summed E-state index contributed by atoms with van der Waals surface area (Å²) in [5.74, 6) is -0.838. The molecule has 6 nitrogen and oxygen atoms in total. The molecule has 100 valence electrons. The van der Waals surface area contributed by atoms with Crippen LogP contribution < -0.4 is 0 Å². The molecule has 3 heterocycles. The van der Waals surface area contributed by atoms with Gasteiger partial charge in [-0.2, -0.15) is 0 Å². The quantitative estimate of drug-likeness (QED) is 0.658. The molecule has 1 saturated carbocycles. The van der Waals surface area contributed by atoms with Gasteiger partial charge < -0.3 is 24.4 Å². The van der Waals surface area contributed by atoms with Crippen LogP contribution in [0.1, 0.15) is 25.7 Å². The van der Waals surface area contributed by atoms with Crippen molar-refractivity contribution in [2.45, 2.75) is 67.9 Å². The molecule has 0 amide bonds. The number of rotatable bonds is 2. The Bertz CT molecular complexity index is 398. The van der Waals surface area contributed by atoms with Gasteiger partial charge in [-0.15, -0.1) is 0 Å². The molecule has 1 aliphatic carbocycles. The van der Waals surface area contributed by atoms with Gasteiger partial charge in [0.25, 0.3) is 0 Å². The fraction of sp³-hybridized carbons (Fsp3) is 0.917. The molecule has 7 atom stereocenters. The van der Waals surface area contributed by atoms with E-state index in [2.05, 4.69) is 0 Å². The lowest BCUT2D eigenvalue weighted by Crippen LogP contribution is -2.55. The minimum absolute atomic E-state index is 0.0269. The summed E-state index contributed by atoms with van der Waals surface area (Å²) in [7, 11) is 0. The zero-order chi connectivity index (χ0) is 12.5. The number of aliphatic carboxylic acids is 1. The molecule has 2 N–H and O–H groups in total. The summed E-state index contributed by atoms with van der Waals surface area (Å²) < 4.78 is 17.4. The fourth-order valence-corrected chi connectivity index (χ4v) is 3.86. The standard InChI is InChI=1S/C12H16O6/c13-8(14)3-5-1-2-7-12(18-5)4-6(16-7)9(15)10-11(12)17-10/h5-7,9-11,15H,1-4H2,(H,13,14)/t5-,6-,7+,9+,10+,11?,12+/m1/s1. The molecule has 4 aliphatic rings. The van der Waals surface area contributed by atoms with E-state index in [0.717, 1.165) is 6.42 Å². The van der Waals surface area contributed by atoms with Crippen molar-refractivity contribution in [3.63, 3.8) is 0 Å². The van der Waals surface area contributed by atoms with Gasteiger partial charge in [-0.25, -0.2) is 0 Å². The molecule has 1 spiro atoms. The van der Waals surface area contributed by atoms with Crippen LogP contribution in [0.2, 0.25) is 0 Å². The van der Waals surface area contributed by atoms with E-state index in [1.165, 1.54) is 0 Å². The topological polar surface area (TPSA) is 88.5 Å². The second-order valence-corrected chi connectivity index (χ2v) is 5.75. The van der Waals surface area contributed by atoms with Gasteiger partial charge in [0.15, 0.2) is 0 Å². The molecular formula is C12H16O6. The van der Waals surface area contributed by atoms with E-state index in [-0.39, 0.29) is 36.9 Å². The number of epoxide rings is 1. The Morgan fingerprint density at radius 1 is 1.33 bits per heavy atom. The second-order valence-electron chi connectivity index (χ2n) is 5.75. The molecule has 3 aliphatic heterocycles. The van der Waals surface area contributed by atoms with Crippen LogP contribution in [0.15, 0.2) is 0 Å². The number of carbonyl (C=O) groups is 1. The Labute approximate surface area is 104 Å². The molecule has 2 bridgehead atoms. The molecule has 0 aromatic carbocycles. The zero-order valence-corrected chi connectivity index (χ0v) is 9.82. The SMILES string of the molecule is O=C(O)C[C@H]1CC[C@@H]2O[C@@H]3C[C@@]2(O1)C1O[C@H]1[C@H]3O. The first-order valence-corrected chi connectivity index (χ1v) is 6.49. The molecule has 4 rings (SSSR count). The Hall–Kier alpha value is -0.690. The lowest BCUT2D eigenvalue weighted by molar-refractivity contribution is -0.181. The molecule has 0 aromatic rings. The van der Waals surface area contributed by atoms with E-state index < -0.39 is 17.7 Å². The maximum Gasteiger partial charge on any atom is 0.305 e. The average Bonchev–Trinajstić information content (AvgIpc) is 3.03. The summed E-state index contributed by atoms with van der Waals surface area (Å²) in [5.41, 5.74) is -0.507. The number of hydrogen-bond donors (Lipinski definition) is 2. The first-order valence-electron chi connectivity index (χ1n) is 6.49. The van der Waals surface area contributed by atoms with Crippen molar-refractivity contribution < 1.29 is 29.2 Å². The summed E-state index contributed by atoms with van der Waals surface area (Å²) in [5, 5.41) is 18.8. The smallest absolute Gasteiger partial charge is 0.305 e. The van der Waals surface area contributed by atoms with E-state index >= 15 is 0 Å². The van der Waals surface area contributed by atoms with Gasteiger partial charge in [0, 0.05) is 6.42 Å². The number of aliphatic hydroxyl groups is 1. The van der Waals surface area contributed by atoms with Crippen LogP contribution in [-0.2, 0) is 19.0 Å². The Balaban J connectivity index is 1.59. The second kappa shape index (κ2) is 3.45. The van der Waals surface area contributed by atoms with Crippen molar-refractivity contribution >= 4 is 5.97 Å². The third-order valence-corrected chi connectivity index (χ3v) is 4.67. The average molecular weight is 256 g/mol. The van der Waals surface area contributed by atoms with Crippen molar-refractivity contribution in [2.24, 2.45) is 0 Å². The van der Waals surface area contributed by atoms with E-state index in [0.29, 0.717) is 12.8 Å². The van der Waals surface area contributed by atoms with E-state index in [4.69, 9.17) is 19.3 Å². The Kier molecular flexibility index (Phi) is 2.14. The maximum atomic E-state index is 10.8. The first kappa shape index (κ1) is 11.2. The lowest BCUT2D eigenvalue weighted by Gasteiger charge is -2.41. The summed E-state index contributed by atoms with van der Waals surface area (Å²) in [4.78, 5) is 10.8. The summed E-state index contributed by atoms with van der Waals surface area (Å²) >= 11 is 0. The van der Waals surface area contributed by atoms with Crippen molar-refractivity contribution in [1.82, 2.24) is 0 Å². The number of fused-ring (bicyclic) bond motifs is 2. The Morgan fingerprint density at radius 2 is 2.17 bits per heavy atom. The van der Waals surface area contributed by atoms with Gasteiger partial charge in [0.1, 0.15) is 23.9 Å². The van der Waals surface area contributed by atoms with Crippen LogP contribution in [0.4, 0.5) is 0 Å². The predicted octanol–water partition coefficient (Wildman–Crippen LogP) is -0.322. The Morgan fingerprint density at radius 3 is 2.94 bits per heavy atom. The van der Waals surface area contributed by atoms with E-state index in [9.17, 15) is 9.90 Å². The number of ether oxygens (including phenoxy) is 3. The zero-order valence-electron chi connectivity index (χ0n) is 9.82. The maximum absolute atomic E-state index is 10.8. The van der Waals surface area contributed by atoms with E-state index in [1.54, 1.807) is 0 Å². The molecule has 18 heavy (non-hydrogen) atoms. The summed E-state index contributed by atoms with van der Waals surface area (Å²) in [6, 6.07) is 0. The fourth-order valence-electron chi connectivity index (χ4n) is 3.86. The van der Waals surface area contributed by atoms with E-state index in [1.807, 2.05) is 0 Å². The van der Waals surface area contributed by atoms with Crippen molar-refractivity contribution in [3.8, 4) is 0 Å². The number of carboxylic acids is 1. The van der Waals surface area contributed by atoms with Gasteiger partial charge in [0.2, 0.25) is 0 Å². The van der Waals surface area contributed by atoms with Crippen molar-refractivity contribution in [1.29, 1.82) is 0 Å². The molecule has 0 radical (unpaired) electrons. The van der Waals surface area contributed by atoms with Crippen LogP contribution in [0.3, 0.4) is 0 Å². The first-order chi connectivity index (χ1) is 8.60. The lowest BCUT2D eigenvalue weighted by atomic mass is 9.77. The molecule has 0 aromatic heterocycles. The molecule has 1 unspecified atom stereocenters. The van der Waals surface area contributed by atoms with Gasteiger partial charge in [-0.3, -0.25) is 4.79 Å². The normalized spacial score (nSPS) is 56.7. The van der Waals surface area contributed by atoms with Crippen molar-refractivity contribution in [2.75, 3.05) is 0 Å². The van der Waals surface area contributed by atoms with Gasteiger partial charge in [-0.1, -0.05) is 0 Å². The minimum atomic E-state index is -0.838. The number of carboxylic acid groups (broad SMARTS) is 1. The molecule has 3 saturated heterocycles. The third-order valence-electron chi connectivity index (χ3n) is 4.67. The van der Waals surface area contributed by atoms with Crippen LogP contribution in [0.25, 0.3) is 0 Å². The predicted molar refractivity (Wildman–Crippen MR) is 57.0 cm³/mol. The highest BCUT2D eigenvalue weighted by Crippen LogP contribution is 2.56. The molecule has 6 heteroatoms. The van der Waals surface area contributed by atoms with Gasteiger partial charge >= 0.3 is 5.97 Å². The van der Waals surface area contributed by atoms with Crippen LogP contribution >= 0.6 is 0 Å². The third kappa shape index (κ3) is 1.34. The van der Waals surface area contributed by atoms with Crippen LogP contribution in [0, 0.1) is 0 Å². The van der Waals surface area contributed by atoms with Gasteiger partial charge in [0.05, 0.1) is 24.7 Å². The highest BCUT2D eigenvalue weighted by molar-refractivity contribution is 5.67. The molecular weight excluding hydrogens is 240 g/mol. The highest BCUT2D eigenvalue weighted by Gasteiger charge is 2.73. The largest absolute Gasteiger partial charge is 0.481 e.